The van der Waals surface area contributed by atoms with Crippen molar-refractivity contribution < 1.29 is 19.8 Å². The first kappa shape index (κ1) is 13.5. The first-order valence-electron chi connectivity index (χ1n) is 6.03. The minimum absolute atomic E-state index is 0.164. The Hall–Kier alpha value is -1.92. The van der Waals surface area contributed by atoms with Gasteiger partial charge in [0.1, 0.15) is 0 Å². The van der Waals surface area contributed by atoms with Crippen LogP contribution in [0.3, 0.4) is 0 Å². The number of carbonyl (C=O) groups is 2. The third-order valence-electron chi connectivity index (χ3n) is 3.16. The topological polar surface area (TPSA) is 98.7 Å². The second-order valence-electron chi connectivity index (χ2n) is 4.67. The van der Waals surface area contributed by atoms with E-state index in [-0.39, 0.29) is 11.5 Å². The summed E-state index contributed by atoms with van der Waals surface area (Å²) < 4.78 is 0. The number of carboxylic acids is 1. The summed E-state index contributed by atoms with van der Waals surface area (Å²) in [6.45, 7) is 2.09. The van der Waals surface area contributed by atoms with Crippen LogP contribution in [0.5, 0.6) is 0 Å². The summed E-state index contributed by atoms with van der Waals surface area (Å²) in [7, 11) is 0. The maximum atomic E-state index is 11.9. The van der Waals surface area contributed by atoms with E-state index in [1.807, 2.05) is 0 Å². The summed E-state index contributed by atoms with van der Waals surface area (Å²) in [5, 5.41) is 23.9. The molecule has 0 spiro atoms. The summed E-state index contributed by atoms with van der Waals surface area (Å²) in [5.74, 6) is -1.29. The van der Waals surface area contributed by atoms with Crippen LogP contribution in [0.1, 0.15) is 22.3 Å². The molecule has 0 aliphatic carbocycles. The molecule has 2 unspecified atom stereocenters. The van der Waals surface area contributed by atoms with Crippen LogP contribution in [0.4, 0.5) is 5.69 Å². The Morgan fingerprint density at radius 2 is 2.16 bits per heavy atom. The van der Waals surface area contributed by atoms with Gasteiger partial charge >= 0.3 is 5.97 Å². The predicted octanol–water partition coefficient (Wildman–Crippen LogP) is 0.355. The average molecular weight is 264 g/mol. The SMILES string of the molecule is Cc1ccc(NC(=O)C2CC(O)CN2)cc1C(=O)O. The molecule has 1 aliphatic heterocycles. The second-order valence-corrected chi connectivity index (χ2v) is 4.67. The van der Waals surface area contributed by atoms with E-state index in [9.17, 15) is 14.7 Å². The lowest BCUT2D eigenvalue weighted by molar-refractivity contribution is -0.117. The van der Waals surface area contributed by atoms with Gasteiger partial charge in [-0.1, -0.05) is 6.07 Å². The van der Waals surface area contributed by atoms with Gasteiger partial charge in [0.25, 0.3) is 0 Å². The summed E-state index contributed by atoms with van der Waals surface area (Å²) in [4.78, 5) is 22.9. The van der Waals surface area contributed by atoms with Crippen LogP contribution < -0.4 is 10.6 Å². The lowest BCUT2D eigenvalue weighted by Crippen LogP contribution is -2.35. The molecule has 1 aromatic rings. The first-order valence-corrected chi connectivity index (χ1v) is 6.03. The van der Waals surface area contributed by atoms with Crippen molar-refractivity contribution in [3.63, 3.8) is 0 Å². The number of carbonyl (C=O) groups excluding carboxylic acids is 1. The fourth-order valence-corrected chi connectivity index (χ4v) is 2.08. The summed E-state index contributed by atoms with van der Waals surface area (Å²) in [6.07, 6.45) is -0.146. The van der Waals surface area contributed by atoms with Gasteiger partial charge in [0.05, 0.1) is 17.7 Å². The molecule has 2 rings (SSSR count). The van der Waals surface area contributed by atoms with Gasteiger partial charge in [-0.25, -0.2) is 4.79 Å². The number of rotatable bonds is 3. The van der Waals surface area contributed by atoms with Crippen molar-refractivity contribution in [3.8, 4) is 0 Å². The highest BCUT2D eigenvalue weighted by Crippen LogP contribution is 2.16. The van der Waals surface area contributed by atoms with E-state index in [2.05, 4.69) is 10.6 Å². The maximum absolute atomic E-state index is 11.9. The zero-order valence-corrected chi connectivity index (χ0v) is 10.5. The van der Waals surface area contributed by atoms with Crippen LogP contribution in [0.2, 0.25) is 0 Å². The molecule has 0 saturated carbocycles. The van der Waals surface area contributed by atoms with Crippen molar-refractivity contribution in [3.05, 3.63) is 29.3 Å². The van der Waals surface area contributed by atoms with Crippen LogP contribution >= 0.6 is 0 Å². The van der Waals surface area contributed by atoms with Crippen molar-refractivity contribution in [1.82, 2.24) is 5.32 Å². The first-order chi connectivity index (χ1) is 8.97. The van der Waals surface area contributed by atoms with E-state index in [1.54, 1.807) is 19.1 Å². The Morgan fingerprint density at radius 3 is 2.74 bits per heavy atom. The number of amides is 1. The van der Waals surface area contributed by atoms with Gasteiger partial charge in [-0.05, 0) is 31.0 Å². The molecule has 0 bridgehead atoms. The molecular weight excluding hydrogens is 248 g/mol. The molecule has 1 aromatic carbocycles. The monoisotopic (exact) mass is 264 g/mol. The third-order valence-corrected chi connectivity index (χ3v) is 3.16. The zero-order chi connectivity index (χ0) is 14.0. The Balaban J connectivity index is 2.09. The molecule has 1 saturated heterocycles. The molecule has 6 nitrogen and oxygen atoms in total. The van der Waals surface area contributed by atoms with Gasteiger partial charge in [-0.15, -0.1) is 0 Å². The van der Waals surface area contributed by atoms with E-state index in [4.69, 9.17) is 5.11 Å². The van der Waals surface area contributed by atoms with E-state index in [1.165, 1.54) is 6.07 Å². The molecule has 2 atom stereocenters. The summed E-state index contributed by atoms with van der Waals surface area (Å²) >= 11 is 0. The molecule has 1 heterocycles. The highest BCUT2D eigenvalue weighted by atomic mass is 16.4. The van der Waals surface area contributed by atoms with Crippen molar-refractivity contribution in [2.45, 2.75) is 25.5 Å². The molecule has 1 fully saturated rings. The molecule has 4 N–H and O–H groups in total. The molecule has 102 valence electrons. The van der Waals surface area contributed by atoms with Gasteiger partial charge < -0.3 is 20.8 Å². The number of aromatic carboxylic acids is 1. The molecule has 1 amide bonds. The van der Waals surface area contributed by atoms with E-state index in [0.29, 0.717) is 24.2 Å². The smallest absolute Gasteiger partial charge is 0.336 e. The zero-order valence-electron chi connectivity index (χ0n) is 10.5. The molecule has 19 heavy (non-hydrogen) atoms. The predicted molar refractivity (Wildman–Crippen MR) is 69.2 cm³/mol. The van der Waals surface area contributed by atoms with E-state index in [0.717, 1.165) is 0 Å². The number of aliphatic hydroxyl groups is 1. The fraction of sp³-hybridized carbons (Fsp3) is 0.385. The largest absolute Gasteiger partial charge is 0.478 e. The van der Waals surface area contributed by atoms with E-state index >= 15 is 0 Å². The van der Waals surface area contributed by atoms with Crippen molar-refractivity contribution in [1.29, 1.82) is 0 Å². The Kier molecular flexibility index (Phi) is 3.82. The molecule has 0 radical (unpaired) electrons. The minimum atomic E-state index is -1.02. The van der Waals surface area contributed by atoms with Crippen molar-refractivity contribution in [2.24, 2.45) is 0 Å². The maximum Gasteiger partial charge on any atom is 0.336 e. The summed E-state index contributed by atoms with van der Waals surface area (Å²) in [5.41, 5.74) is 1.24. The van der Waals surface area contributed by atoms with Crippen LogP contribution in [-0.4, -0.2) is 40.8 Å². The van der Waals surface area contributed by atoms with Crippen LogP contribution in [0, 0.1) is 6.92 Å². The average Bonchev–Trinajstić information content (AvgIpc) is 2.78. The van der Waals surface area contributed by atoms with Gasteiger partial charge in [0, 0.05) is 12.2 Å². The van der Waals surface area contributed by atoms with Gasteiger partial charge in [0.2, 0.25) is 5.91 Å². The number of hydrogen-bond acceptors (Lipinski definition) is 4. The number of hydrogen-bond donors (Lipinski definition) is 4. The normalized spacial score (nSPS) is 22.2. The van der Waals surface area contributed by atoms with Crippen LogP contribution in [0.25, 0.3) is 0 Å². The quantitative estimate of drug-likeness (QED) is 0.631. The Labute approximate surface area is 110 Å². The third kappa shape index (κ3) is 3.10. The van der Waals surface area contributed by atoms with E-state index < -0.39 is 18.1 Å². The van der Waals surface area contributed by atoms with Gasteiger partial charge in [-0.3, -0.25) is 4.79 Å². The Morgan fingerprint density at radius 1 is 1.42 bits per heavy atom. The molecule has 1 aliphatic rings. The lowest BCUT2D eigenvalue weighted by Gasteiger charge is -2.12. The highest BCUT2D eigenvalue weighted by molar-refractivity contribution is 5.97. The number of β-amino-alcohol motifs (C(OH)–C–C–N with tert-alkyl or cyclic N) is 1. The molecule has 6 heteroatoms. The second kappa shape index (κ2) is 5.38. The number of aryl methyl sites for hydroxylation is 1. The number of anilines is 1. The van der Waals surface area contributed by atoms with Gasteiger partial charge in [-0.2, -0.15) is 0 Å². The standard InChI is InChI=1S/C13H16N2O4/c1-7-2-3-8(4-10(7)13(18)19)15-12(17)11-5-9(16)6-14-11/h2-4,9,11,14,16H,5-6H2,1H3,(H,15,17)(H,18,19). The van der Waals surface area contributed by atoms with Crippen LogP contribution in [-0.2, 0) is 4.79 Å². The Bertz CT molecular complexity index is 515. The number of aliphatic hydroxyl groups excluding tert-OH is 1. The number of nitrogens with one attached hydrogen (secondary N) is 2. The lowest BCUT2D eigenvalue weighted by atomic mass is 10.1. The van der Waals surface area contributed by atoms with Crippen molar-refractivity contribution >= 4 is 17.6 Å². The summed E-state index contributed by atoms with van der Waals surface area (Å²) in [6, 6.07) is 4.30. The molecule has 0 aromatic heterocycles. The molecular formula is C13H16N2O4. The number of benzene rings is 1. The van der Waals surface area contributed by atoms with Crippen LogP contribution in [0.15, 0.2) is 18.2 Å². The number of carboxylic acid groups (broad SMARTS) is 1. The highest BCUT2D eigenvalue weighted by Gasteiger charge is 2.28. The fourth-order valence-electron chi connectivity index (χ4n) is 2.08. The van der Waals surface area contributed by atoms with Gasteiger partial charge in [0.15, 0.2) is 0 Å². The minimum Gasteiger partial charge on any atom is -0.478 e. The van der Waals surface area contributed by atoms with Crippen molar-refractivity contribution in [2.75, 3.05) is 11.9 Å².